The molecule has 2 N–H and O–H groups in total. The summed E-state index contributed by atoms with van der Waals surface area (Å²) in [7, 11) is 0. The highest BCUT2D eigenvalue weighted by Gasteiger charge is 2.09. The number of ether oxygens (including phenoxy) is 1. The summed E-state index contributed by atoms with van der Waals surface area (Å²) in [5.74, 6) is -0.371. The predicted octanol–water partition coefficient (Wildman–Crippen LogP) is 1.81. The van der Waals surface area contributed by atoms with E-state index in [1.807, 2.05) is 13.8 Å². The minimum absolute atomic E-state index is 0. The molecule has 0 aliphatic heterocycles. The molecule has 0 rings (SSSR count). The fourth-order valence-electron chi connectivity index (χ4n) is 0.759. The zero-order chi connectivity index (χ0) is 9.61. The van der Waals surface area contributed by atoms with Gasteiger partial charge in [0.2, 0.25) is 0 Å². The Hall–Kier alpha value is -0.350. The molecule has 0 aromatic carbocycles. The molecule has 0 aromatic rings. The number of nitrogens with two attached hydrogens (primary N) is 1. The summed E-state index contributed by atoms with van der Waals surface area (Å²) in [6.45, 7) is 7.60. The maximum atomic E-state index is 10.6. The van der Waals surface area contributed by atoms with Gasteiger partial charge in [0.05, 0.1) is 6.61 Å². The van der Waals surface area contributed by atoms with Crippen LogP contribution in [0.3, 0.4) is 0 Å². The van der Waals surface area contributed by atoms with Crippen LogP contribution < -0.4 is 5.73 Å². The quantitative estimate of drug-likeness (QED) is 0.461. The molecule has 13 heavy (non-hydrogen) atoms. The van der Waals surface area contributed by atoms with Crippen molar-refractivity contribution in [1.82, 2.24) is 0 Å². The Kier molecular flexibility index (Phi) is 8.26. The molecule has 0 bridgehead atoms. The second-order valence-corrected chi connectivity index (χ2v) is 3.46. The molecule has 0 aliphatic carbocycles. The second kappa shape index (κ2) is 7.09. The lowest BCUT2D eigenvalue weighted by atomic mass is 10.0. The number of hydrogen-bond donors (Lipinski definition) is 1. The lowest BCUT2D eigenvalue weighted by Gasteiger charge is -2.17. The lowest BCUT2D eigenvalue weighted by Crippen LogP contribution is -2.31. The highest BCUT2D eigenvalue weighted by Crippen LogP contribution is 2.06. The topological polar surface area (TPSA) is 52.3 Å². The minimum atomic E-state index is -0.371. The van der Waals surface area contributed by atoms with Gasteiger partial charge in [-0.3, -0.25) is 0 Å². The molecule has 0 heterocycles. The molecule has 0 fully saturated rings. The highest BCUT2D eigenvalue weighted by atomic mass is 79.9. The van der Waals surface area contributed by atoms with Crippen LogP contribution in [0.2, 0.25) is 0 Å². The van der Waals surface area contributed by atoms with Gasteiger partial charge < -0.3 is 10.5 Å². The van der Waals surface area contributed by atoms with E-state index in [2.05, 4.69) is 6.58 Å². The first-order chi connectivity index (χ1) is 5.45. The maximum Gasteiger partial charge on any atom is 0.330 e. The highest BCUT2D eigenvalue weighted by molar-refractivity contribution is 8.93. The molecular weight excluding hydrogens is 234 g/mol. The van der Waals surface area contributed by atoms with Gasteiger partial charge in [0, 0.05) is 11.6 Å². The molecule has 0 amide bonds. The van der Waals surface area contributed by atoms with Crippen LogP contribution in [0.1, 0.15) is 26.7 Å². The van der Waals surface area contributed by atoms with Crippen LogP contribution in [0.4, 0.5) is 0 Å². The largest absolute Gasteiger partial charge is 0.463 e. The van der Waals surface area contributed by atoms with Crippen molar-refractivity contribution in [3.8, 4) is 0 Å². The van der Waals surface area contributed by atoms with E-state index in [0.29, 0.717) is 6.61 Å². The normalized spacial score (nSPS) is 10.1. The standard InChI is InChI=1S/C9H17NO2.BrH/c1-4-8(11)12-7-5-6-9(2,3)10;/h4H,1,5-7,10H2,2-3H3;1H. The van der Waals surface area contributed by atoms with Gasteiger partial charge in [0.1, 0.15) is 0 Å². The van der Waals surface area contributed by atoms with E-state index in [-0.39, 0.29) is 28.5 Å². The van der Waals surface area contributed by atoms with Gasteiger partial charge in [-0.2, -0.15) is 0 Å². The van der Waals surface area contributed by atoms with Crippen LogP contribution in [-0.4, -0.2) is 18.1 Å². The van der Waals surface area contributed by atoms with E-state index >= 15 is 0 Å². The molecule has 0 unspecified atom stereocenters. The third-order valence-electron chi connectivity index (χ3n) is 1.38. The van der Waals surface area contributed by atoms with E-state index in [1.54, 1.807) is 0 Å². The van der Waals surface area contributed by atoms with E-state index < -0.39 is 0 Å². The van der Waals surface area contributed by atoms with Crippen LogP contribution in [0, 0.1) is 0 Å². The number of carbonyl (C=O) groups is 1. The van der Waals surface area contributed by atoms with Crippen molar-refractivity contribution in [3.63, 3.8) is 0 Å². The molecule has 4 heteroatoms. The van der Waals surface area contributed by atoms with Crippen molar-refractivity contribution in [2.24, 2.45) is 5.73 Å². The first-order valence-corrected chi connectivity index (χ1v) is 4.04. The Bertz CT molecular complexity index is 163. The molecule has 0 spiro atoms. The molecule has 0 radical (unpaired) electrons. The van der Waals surface area contributed by atoms with Crippen LogP contribution >= 0.6 is 17.0 Å². The van der Waals surface area contributed by atoms with E-state index in [0.717, 1.165) is 18.9 Å². The summed E-state index contributed by atoms with van der Waals surface area (Å²) in [4.78, 5) is 10.6. The number of hydrogen-bond acceptors (Lipinski definition) is 3. The van der Waals surface area contributed by atoms with Gasteiger partial charge in [0.15, 0.2) is 0 Å². The molecule has 3 nitrogen and oxygen atoms in total. The molecule has 0 aromatic heterocycles. The summed E-state index contributed by atoms with van der Waals surface area (Å²) in [5, 5.41) is 0. The number of esters is 1. The van der Waals surface area contributed by atoms with E-state index in [4.69, 9.17) is 10.5 Å². The Labute approximate surface area is 90.1 Å². The van der Waals surface area contributed by atoms with Crippen molar-refractivity contribution in [2.75, 3.05) is 6.61 Å². The minimum Gasteiger partial charge on any atom is -0.463 e. The monoisotopic (exact) mass is 251 g/mol. The van der Waals surface area contributed by atoms with Crippen molar-refractivity contribution in [2.45, 2.75) is 32.2 Å². The van der Waals surface area contributed by atoms with Crippen molar-refractivity contribution >= 4 is 23.0 Å². The van der Waals surface area contributed by atoms with E-state index in [9.17, 15) is 4.79 Å². The van der Waals surface area contributed by atoms with E-state index in [1.165, 1.54) is 0 Å². The van der Waals surface area contributed by atoms with Gasteiger partial charge >= 0.3 is 5.97 Å². The third-order valence-corrected chi connectivity index (χ3v) is 1.38. The van der Waals surface area contributed by atoms with Crippen molar-refractivity contribution < 1.29 is 9.53 Å². The fraction of sp³-hybridized carbons (Fsp3) is 0.667. The Morgan fingerprint density at radius 1 is 1.62 bits per heavy atom. The second-order valence-electron chi connectivity index (χ2n) is 3.46. The van der Waals surface area contributed by atoms with Gasteiger partial charge in [-0.05, 0) is 26.7 Å². The SMILES string of the molecule is Br.C=CC(=O)OCCCC(C)(C)N. The average molecular weight is 252 g/mol. The molecule has 0 atom stereocenters. The molecule has 0 saturated carbocycles. The van der Waals surface area contributed by atoms with Crippen molar-refractivity contribution in [3.05, 3.63) is 12.7 Å². The Morgan fingerprint density at radius 2 is 2.15 bits per heavy atom. The predicted molar refractivity (Wildman–Crippen MR) is 59.0 cm³/mol. The van der Waals surface area contributed by atoms with Gasteiger partial charge in [-0.1, -0.05) is 6.58 Å². The fourth-order valence-corrected chi connectivity index (χ4v) is 0.759. The van der Waals surface area contributed by atoms with Crippen molar-refractivity contribution in [1.29, 1.82) is 0 Å². The number of rotatable bonds is 5. The summed E-state index contributed by atoms with van der Waals surface area (Å²) in [6.07, 6.45) is 2.80. The maximum absolute atomic E-state index is 10.6. The summed E-state index contributed by atoms with van der Waals surface area (Å²) >= 11 is 0. The summed E-state index contributed by atoms with van der Waals surface area (Å²) < 4.78 is 4.77. The van der Waals surface area contributed by atoms with Crippen LogP contribution in [0.25, 0.3) is 0 Å². The smallest absolute Gasteiger partial charge is 0.330 e. The zero-order valence-corrected chi connectivity index (χ0v) is 9.92. The van der Waals surface area contributed by atoms with Crippen LogP contribution in [-0.2, 0) is 9.53 Å². The first kappa shape index (κ1) is 15.1. The van der Waals surface area contributed by atoms with Gasteiger partial charge in [0.25, 0.3) is 0 Å². The van der Waals surface area contributed by atoms with Gasteiger partial charge in [-0.15, -0.1) is 17.0 Å². The Morgan fingerprint density at radius 3 is 2.54 bits per heavy atom. The molecule has 0 aliphatic rings. The van der Waals surface area contributed by atoms with Crippen LogP contribution in [0.15, 0.2) is 12.7 Å². The third kappa shape index (κ3) is 11.7. The molecular formula is C9H18BrNO2. The Balaban J connectivity index is 0. The number of carbonyl (C=O) groups excluding carboxylic acids is 1. The lowest BCUT2D eigenvalue weighted by molar-refractivity contribution is -0.137. The summed E-state index contributed by atoms with van der Waals surface area (Å²) in [5.41, 5.74) is 5.54. The van der Waals surface area contributed by atoms with Crippen LogP contribution in [0.5, 0.6) is 0 Å². The molecule has 0 saturated heterocycles. The van der Waals surface area contributed by atoms with Gasteiger partial charge in [-0.25, -0.2) is 4.79 Å². The first-order valence-electron chi connectivity index (χ1n) is 4.04. The molecule has 78 valence electrons. The average Bonchev–Trinajstić information content (AvgIpc) is 1.96. The zero-order valence-electron chi connectivity index (χ0n) is 8.21. The summed E-state index contributed by atoms with van der Waals surface area (Å²) in [6, 6.07) is 0. The number of halogens is 1.